The highest BCUT2D eigenvalue weighted by molar-refractivity contribution is 5.50. The molecule has 2 nitrogen and oxygen atoms in total. The Labute approximate surface area is 112 Å². The number of halogens is 2. The van der Waals surface area contributed by atoms with Crippen molar-refractivity contribution in [1.29, 1.82) is 0 Å². The summed E-state index contributed by atoms with van der Waals surface area (Å²) in [4.78, 5) is 2.00. The minimum absolute atomic E-state index is 0.310. The fourth-order valence-corrected chi connectivity index (χ4v) is 2.86. The molecule has 19 heavy (non-hydrogen) atoms. The smallest absolute Gasteiger partial charge is 0.146 e. The molecule has 0 bridgehead atoms. The van der Waals surface area contributed by atoms with E-state index in [0.29, 0.717) is 17.3 Å². The van der Waals surface area contributed by atoms with Crippen LogP contribution in [0.5, 0.6) is 0 Å². The summed E-state index contributed by atoms with van der Waals surface area (Å²) in [6.45, 7) is 4.13. The lowest BCUT2D eigenvalue weighted by Crippen LogP contribution is -2.39. The predicted molar refractivity (Wildman–Crippen MR) is 72.4 cm³/mol. The van der Waals surface area contributed by atoms with Crippen molar-refractivity contribution in [2.24, 2.45) is 5.92 Å². The zero-order valence-electron chi connectivity index (χ0n) is 11.3. The molecule has 4 heteroatoms. The molecular formula is C15H20F2N2. The molecule has 1 aliphatic carbocycles. The van der Waals surface area contributed by atoms with Crippen molar-refractivity contribution >= 4 is 5.69 Å². The predicted octanol–water partition coefficient (Wildman–Crippen LogP) is 2.85. The van der Waals surface area contributed by atoms with Crippen LogP contribution >= 0.6 is 0 Å². The van der Waals surface area contributed by atoms with E-state index in [0.717, 1.165) is 32.0 Å². The average molecular weight is 266 g/mol. The molecule has 1 heterocycles. The molecule has 1 unspecified atom stereocenters. The lowest BCUT2D eigenvalue weighted by atomic mass is 10.1. The molecule has 1 saturated heterocycles. The number of benzene rings is 1. The normalized spacial score (nSPS) is 24.4. The molecule has 1 aromatic carbocycles. The van der Waals surface area contributed by atoms with Gasteiger partial charge in [0.2, 0.25) is 0 Å². The number of rotatable bonds is 2. The highest BCUT2D eigenvalue weighted by Crippen LogP contribution is 2.34. The molecular weight excluding hydrogens is 246 g/mol. The van der Waals surface area contributed by atoms with Crippen LogP contribution in [0.2, 0.25) is 0 Å². The molecule has 2 aliphatic rings. The van der Waals surface area contributed by atoms with E-state index in [1.54, 1.807) is 6.92 Å². The van der Waals surface area contributed by atoms with Crippen molar-refractivity contribution in [3.63, 3.8) is 0 Å². The van der Waals surface area contributed by atoms with Crippen molar-refractivity contribution in [2.75, 3.05) is 24.5 Å². The third-order valence-electron chi connectivity index (χ3n) is 4.19. The zero-order valence-corrected chi connectivity index (χ0v) is 11.3. The molecule has 3 rings (SSSR count). The average Bonchev–Trinajstić information content (AvgIpc) is 3.18. The van der Waals surface area contributed by atoms with Crippen molar-refractivity contribution in [1.82, 2.24) is 5.32 Å². The first-order valence-electron chi connectivity index (χ1n) is 7.09. The Morgan fingerprint density at radius 3 is 2.74 bits per heavy atom. The van der Waals surface area contributed by atoms with Gasteiger partial charge in [-0.2, -0.15) is 0 Å². The van der Waals surface area contributed by atoms with Crippen LogP contribution in [0.15, 0.2) is 12.1 Å². The second kappa shape index (κ2) is 5.08. The number of hydrogen-bond donors (Lipinski definition) is 1. The molecule has 1 N–H and O–H groups in total. The fraction of sp³-hybridized carbons (Fsp3) is 0.600. The van der Waals surface area contributed by atoms with Crippen LogP contribution in [0.1, 0.15) is 24.8 Å². The van der Waals surface area contributed by atoms with Gasteiger partial charge in [0.05, 0.1) is 5.69 Å². The summed E-state index contributed by atoms with van der Waals surface area (Å²) in [7, 11) is 0. The van der Waals surface area contributed by atoms with Gasteiger partial charge in [0, 0.05) is 25.2 Å². The maximum atomic E-state index is 14.1. The van der Waals surface area contributed by atoms with Gasteiger partial charge in [-0.25, -0.2) is 8.78 Å². The van der Waals surface area contributed by atoms with Crippen molar-refractivity contribution in [3.8, 4) is 0 Å². The van der Waals surface area contributed by atoms with Crippen LogP contribution in [0.25, 0.3) is 0 Å². The first-order chi connectivity index (χ1) is 9.15. The summed E-state index contributed by atoms with van der Waals surface area (Å²) < 4.78 is 27.7. The standard InChI is InChI=1S/C15H20F2N2/c1-10-7-13(17)15(8-12(10)16)19-6-2-5-18-14(9-19)11-3-4-11/h7-8,11,14,18H,2-6,9H2,1H3. The molecule has 104 valence electrons. The Kier molecular flexibility index (Phi) is 3.44. The van der Waals surface area contributed by atoms with E-state index in [1.165, 1.54) is 25.0 Å². The maximum absolute atomic E-state index is 14.1. The van der Waals surface area contributed by atoms with Crippen molar-refractivity contribution in [3.05, 3.63) is 29.3 Å². The van der Waals surface area contributed by atoms with E-state index in [-0.39, 0.29) is 11.6 Å². The zero-order chi connectivity index (χ0) is 13.4. The van der Waals surface area contributed by atoms with Crippen LogP contribution in [0.3, 0.4) is 0 Å². The Hall–Kier alpha value is -1.16. The minimum Gasteiger partial charge on any atom is -0.367 e. The molecule has 2 fully saturated rings. The SMILES string of the molecule is Cc1cc(F)c(N2CCCNC(C3CC3)C2)cc1F. The minimum atomic E-state index is -0.323. The first kappa shape index (κ1) is 12.9. The lowest BCUT2D eigenvalue weighted by molar-refractivity contribution is 0.487. The van der Waals surface area contributed by atoms with E-state index in [4.69, 9.17) is 0 Å². The monoisotopic (exact) mass is 266 g/mol. The third kappa shape index (κ3) is 2.73. The number of hydrogen-bond acceptors (Lipinski definition) is 2. The van der Waals surface area contributed by atoms with E-state index < -0.39 is 0 Å². The number of nitrogens with zero attached hydrogens (tertiary/aromatic N) is 1. The molecule has 0 aromatic heterocycles. The van der Waals surface area contributed by atoms with E-state index in [9.17, 15) is 8.78 Å². The van der Waals surface area contributed by atoms with Gasteiger partial charge < -0.3 is 10.2 Å². The van der Waals surface area contributed by atoms with Crippen molar-refractivity contribution in [2.45, 2.75) is 32.2 Å². The molecule has 0 amide bonds. The van der Waals surface area contributed by atoms with Gasteiger partial charge in [-0.1, -0.05) is 0 Å². The molecule has 0 spiro atoms. The summed E-state index contributed by atoms with van der Waals surface area (Å²) in [5.74, 6) is 0.0888. The molecule has 1 aliphatic heterocycles. The molecule has 1 saturated carbocycles. The fourth-order valence-electron chi connectivity index (χ4n) is 2.86. The van der Waals surface area contributed by atoms with Gasteiger partial charge in [0.15, 0.2) is 0 Å². The first-order valence-corrected chi connectivity index (χ1v) is 7.09. The van der Waals surface area contributed by atoms with Gasteiger partial charge in [-0.15, -0.1) is 0 Å². The summed E-state index contributed by atoms with van der Waals surface area (Å²) in [6, 6.07) is 3.07. The highest BCUT2D eigenvalue weighted by atomic mass is 19.1. The van der Waals surface area contributed by atoms with Crippen LogP contribution in [-0.2, 0) is 0 Å². The highest BCUT2D eigenvalue weighted by Gasteiger charge is 2.33. The van der Waals surface area contributed by atoms with Crippen LogP contribution in [0, 0.1) is 24.5 Å². The Balaban J connectivity index is 1.84. The molecule has 1 aromatic rings. The second-order valence-electron chi connectivity index (χ2n) is 5.75. The quantitative estimate of drug-likeness (QED) is 0.885. The van der Waals surface area contributed by atoms with Gasteiger partial charge >= 0.3 is 0 Å². The van der Waals surface area contributed by atoms with Crippen molar-refractivity contribution < 1.29 is 8.78 Å². The number of anilines is 1. The largest absolute Gasteiger partial charge is 0.367 e. The lowest BCUT2D eigenvalue weighted by Gasteiger charge is -2.27. The van der Waals surface area contributed by atoms with E-state index >= 15 is 0 Å². The molecule has 0 radical (unpaired) electrons. The van der Waals surface area contributed by atoms with Crippen LogP contribution in [0.4, 0.5) is 14.5 Å². The van der Waals surface area contributed by atoms with Gasteiger partial charge in [0.25, 0.3) is 0 Å². The van der Waals surface area contributed by atoms with Gasteiger partial charge in [-0.3, -0.25) is 0 Å². The van der Waals surface area contributed by atoms with Crippen LogP contribution in [-0.4, -0.2) is 25.7 Å². The maximum Gasteiger partial charge on any atom is 0.146 e. The van der Waals surface area contributed by atoms with Crippen LogP contribution < -0.4 is 10.2 Å². The third-order valence-corrected chi connectivity index (χ3v) is 4.19. The second-order valence-corrected chi connectivity index (χ2v) is 5.75. The van der Waals surface area contributed by atoms with E-state index in [1.807, 2.05) is 4.90 Å². The van der Waals surface area contributed by atoms with E-state index in [2.05, 4.69) is 5.32 Å². The summed E-state index contributed by atoms with van der Waals surface area (Å²) in [6.07, 6.45) is 3.49. The summed E-state index contributed by atoms with van der Waals surface area (Å²) in [5, 5.41) is 3.53. The topological polar surface area (TPSA) is 15.3 Å². The number of nitrogens with one attached hydrogen (secondary N) is 1. The Morgan fingerprint density at radius 2 is 2.00 bits per heavy atom. The van der Waals surface area contributed by atoms with Gasteiger partial charge in [0.1, 0.15) is 11.6 Å². The summed E-state index contributed by atoms with van der Waals surface area (Å²) >= 11 is 0. The Bertz CT molecular complexity index is 471. The van der Waals surface area contributed by atoms with Gasteiger partial charge in [-0.05, 0) is 50.3 Å². The Morgan fingerprint density at radius 1 is 1.21 bits per heavy atom. The summed E-state index contributed by atoms with van der Waals surface area (Å²) in [5.41, 5.74) is 0.783. The molecule has 1 atom stereocenters. The number of aryl methyl sites for hydroxylation is 1.